The van der Waals surface area contributed by atoms with Crippen LogP contribution in [0.15, 0.2) is 134 Å². The molecule has 0 aliphatic carbocycles. The van der Waals surface area contributed by atoms with E-state index in [1.54, 1.807) is 0 Å². The van der Waals surface area contributed by atoms with E-state index in [-0.39, 0.29) is 0 Å². The predicted octanol–water partition coefficient (Wildman–Crippen LogP) is 10.3. The number of hydrogen-bond acceptors (Lipinski definition) is 0. The molecular weight excluding hydrogens is 432 g/mol. The Balaban J connectivity index is 1.52. The molecule has 0 unspecified atom stereocenters. The molecular formula is C36H30. The molecule has 0 atom stereocenters. The first kappa shape index (κ1) is 23.3. The second kappa shape index (κ2) is 10.5. The molecule has 174 valence electrons. The lowest BCUT2D eigenvalue weighted by Gasteiger charge is -2.14. The zero-order chi connectivity index (χ0) is 24.9. The van der Waals surface area contributed by atoms with Gasteiger partial charge in [0.15, 0.2) is 0 Å². The van der Waals surface area contributed by atoms with Gasteiger partial charge >= 0.3 is 0 Å². The Bertz CT molecular complexity index is 1520. The maximum Gasteiger partial charge on any atom is -0.0100 e. The van der Waals surface area contributed by atoms with Gasteiger partial charge in [0, 0.05) is 0 Å². The molecule has 0 aliphatic rings. The molecule has 0 nitrogen and oxygen atoms in total. The fraction of sp³-hybridized carbons (Fsp3) is 0.0556. The van der Waals surface area contributed by atoms with Crippen LogP contribution < -0.4 is 0 Å². The van der Waals surface area contributed by atoms with Crippen LogP contribution in [0.2, 0.25) is 0 Å². The van der Waals surface area contributed by atoms with Crippen LogP contribution in [-0.2, 0) is 0 Å². The van der Waals surface area contributed by atoms with Crippen molar-refractivity contribution >= 4 is 17.2 Å². The summed E-state index contributed by atoms with van der Waals surface area (Å²) in [4.78, 5) is 0. The molecule has 0 aliphatic heterocycles. The summed E-state index contributed by atoms with van der Waals surface area (Å²) in [7, 11) is 0. The summed E-state index contributed by atoms with van der Waals surface area (Å²) >= 11 is 0. The van der Waals surface area contributed by atoms with E-state index in [0.717, 1.165) is 5.57 Å². The highest BCUT2D eigenvalue weighted by atomic mass is 14.1. The lowest BCUT2D eigenvalue weighted by atomic mass is 9.90. The minimum absolute atomic E-state index is 1.07. The molecule has 5 rings (SSSR count). The molecule has 0 saturated heterocycles. The number of hydrogen-bond donors (Lipinski definition) is 0. The monoisotopic (exact) mass is 462 g/mol. The Morgan fingerprint density at radius 3 is 1.69 bits per heavy atom. The van der Waals surface area contributed by atoms with Crippen molar-refractivity contribution in [3.63, 3.8) is 0 Å². The lowest BCUT2D eigenvalue weighted by Crippen LogP contribution is -1.92. The van der Waals surface area contributed by atoms with Gasteiger partial charge in [-0.25, -0.2) is 0 Å². The molecule has 5 aromatic rings. The molecule has 0 heteroatoms. The second-order valence-corrected chi connectivity index (χ2v) is 9.26. The topological polar surface area (TPSA) is 0 Å². The minimum Gasteiger partial charge on any atom is -0.0955 e. The fourth-order valence-electron chi connectivity index (χ4n) is 4.69. The summed E-state index contributed by atoms with van der Waals surface area (Å²) < 4.78 is 0. The van der Waals surface area contributed by atoms with Gasteiger partial charge in [-0.05, 0) is 75.6 Å². The molecule has 0 aromatic heterocycles. The van der Waals surface area contributed by atoms with Crippen molar-refractivity contribution in [2.24, 2.45) is 0 Å². The molecule has 0 spiro atoms. The summed E-state index contributed by atoms with van der Waals surface area (Å²) in [5.74, 6) is 0. The van der Waals surface area contributed by atoms with Gasteiger partial charge in [-0.3, -0.25) is 0 Å². The van der Waals surface area contributed by atoms with E-state index in [1.165, 1.54) is 55.6 Å². The van der Waals surface area contributed by atoms with E-state index in [0.29, 0.717) is 0 Å². The maximum atomic E-state index is 4.25. The van der Waals surface area contributed by atoms with Gasteiger partial charge in [0.25, 0.3) is 0 Å². The molecule has 5 aromatic carbocycles. The summed E-state index contributed by atoms with van der Waals surface area (Å²) in [5, 5.41) is 0. The van der Waals surface area contributed by atoms with Crippen LogP contribution in [0.3, 0.4) is 0 Å². The zero-order valence-electron chi connectivity index (χ0n) is 20.9. The summed E-state index contributed by atoms with van der Waals surface area (Å²) in [6, 6.07) is 45.2. The van der Waals surface area contributed by atoms with Crippen LogP contribution in [0.4, 0.5) is 0 Å². The minimum atomic E-state index is 1.07. The van der Waals surface area contributed by atoms with E-state index < -0.39 is 0 Å². The summed E-state index contributed by atoms with van der Waals surface area (Å²) in [5.41, 5.74) is 13.3. The van der Waals surface area contributed by atoms with Gasteiger partial charge in [-0.2, -0.15) is 0 Å². The SMILES string of the molecule is C=C(C)c1cccc(-c2ccccc2)c1/C=C(\C)c1cccc(-c2ccc(-c3ccccc3)cc2)c1. The first-order valence-electron chi connectivity index (χ1n) is 12.4. The van der Waals surface area contributed by atoms with Crippen LogP contribution in [0, 0.1) is 0 Å². The highest BCUT2D eigenvalue weighted by molar-refractivity contribution is 5.91. The van der Waals surface area contributed by atoms with Crippen LogP contribution in [0.5, 0.6) is 0 Å². The van der Waals surface area contributed by atoms with Crippen LogP contribution in [0.1, 0.15) is 30.5 Å². The van der Waals surface area contributed by atoms with Crippen molar-refractivity contribution in [1.82, 2.24) is 0 Å². The predicted molar refractivity (Wildman–Crippen MR) is 157 cm³/mol. The van der Waals surface area contributed by atoms with Crippen molar-refractivity contribution in [1.29, 1.82) is 0 Å². The smallest absolute Gasteiger partial charge is 0.0100 e. The normalized spacial score (nSPS) is 11.3. The fourth-order valence-corrected chi connectivity index (χ4v) is 4.69. The Morgan fingerprint density at radius 2 is 1.06 bits per heavy atom. The Kier molecular flexibility index (Phi) is 6.78. The highest BCUT2D eigenvalue weighted by Crippen LogP contribution is 2.34. The average molecular weight is 463 g/mol. The van der Waals surface area contributed by atoms with Gasteiger partial charge in [0.1, 0.15) is 0 Å². The van der Waals surface area contributed by atoms with Crippen molar-refractivity contribution in [3.8, 4) is 33.4 Å². The average Bonchev–Trinajstić information content (AvgIpc) is 2.94. The first-order chi connectivity index (χ1) is 17.6. The Labute approximate surface area is 214 Å². The van der Waals surface area contributed by atoms with E-state index in [9.17, 15) is 0 Å². The molecule has 0 N–H and O–H groups in total. The third-order valence-electron chi connectivity index (χ3n) is 6.65. The van der Waals surface area contributed by atoms with Crippen molar-refractivity contribution in [2.75, 3.05) is 0 Å². The molecule has 0 radical (unpaired) electrons. The second-order valence-electron chi connectivity index (χ2n) is 9.26. The number of benzene rings is 5. The summed E-state index contributed by atoms with van der Waals surface area (Å²) in [6.07, 6.45) is 2.31. The van der Waals surface area contributed by atoms with Crippen molar-refractivity contribution in [3.05, 3.63) is 151 Å². The van der Waals surface area contributed by atoms with E-state index in [1.807, 2.05) is 0 Å². The lowest BCUT2D eigenvalue weighted by molar-refractivity contribution is 1.51. The van der Waals surface area contributed by atoms with Gasteiger partial charge in [0.2, 0.25) is 0 Å². The zero-order valence-corrected chi connectivity index (χ0v) is 20.9. The molecule has 36 heavy (non-hydrogen) atoms. The van der Waals surface area contributed by atoms with E-state index in [2.05, 4.69) is 154 Å². The van der Waals surface area contributed by atoms with Gasteiger partial charge < -0.3 is 0 Å². The Hall–Kier alpha value is -4.42. The molecule has 0 heterocycles. The van der Waals surface area contributed by atoms with Crippen LogP contribution in [0.25, 0.3) is 50.6 Å². The van der Waals surface area contributed by atoms with E-state index >= 15 is 0 Å². The first-order valence-corrected chi connectivity index (χ1v) is 12.4. The summed E-state index contributed by atoms with van der Waals surface area (Å²) in [6.45, 7) is 8.53. The van der Waals surface area contributed by atoms with Crippen LogP contribution >= 0.6 is 0 Å². The van der Waals surface area contributed by atoms with Gasteiger partial charge in [-0.15, -0.1) is 0 Å². The molecule has 0 fully saturated rings. The van der Waals surface area contributed by atoms with E-state index in [4.69, 9.17) is 0 Å². The quantitative estimate of drug-likeness (QED) is 0.220. The third-order valence-corrected chi connectivity index (χ3v) is 6.65. The largest absolute Gasteiger partial charge is 0.0955 e. The van der Waals surface area contributed by atoms with Gasteiger partial charge in [0.05, 0.1) is 0 Å². The van der Waals surface area contributed by atoms with Gasteiger partial charge in [-0.1, -0.05) is 140 Å². The Morgan fingerprint density at radius 1 is 0.528 bits per heavy atom. The molecule has 0 amide bonds. The third kappa shape index (κ3) is 4.99. The number of allylic oxidation sites excluding steroid dienone is 2. The maximum absolute atomic E-state index is 4.25. The van der Waals surface area contributed by atoms with Crippen molar-refractivity contribution in [2.45, 2.75) is 13.8 Å². The number of rotatable bonds is 6. The highest BCUT2D eigenvalue weighted by Gasteiger charge is 2.10. The molecule has 0 saturated carbocycles. The van der Waals surface area contributed by atoms with Crippen molar-refractivity contribution < 1.29 is 0 Å². The molecule has 0 bridgehead atoms. The van der Waals surface area contributed by atoms with Crippen LogP contribution in [-0.4, -0.2) is 0 Å². The standard InChI is InChI=1S/C36H30/c1-26(2)34-18-11-19-35(31-14-8-5-9-15-31)36(34)24-27(3)32-16-10-17-33(25-32)30-22-20-29(21-23-30)28-12-6-4-7-13-28/h4-25H,1H2,2-3H3/b27-24+.